The fraction of sp³-hybridized carbons (Fsp3) is 0.588. The lowest BCUT2D eigenvalue weighted by molar-refractivity contribution is -0.115. The Kier molecular flexibility index (Phi) is 5.60. The number of benzene rings is 1. The minimum Gasteiger partial charge on any atom is -0.325 e. The molecule has 0 atom stereocenters. The lowest BCUT2D eigenvalue weighted by atomic mass is 9.95. The summed E-state index contributed by atoms with van der Waals surface area (Å²) in [5, 5.41) is 6.41. The van der Waals surface area contributed by atoms with E-state index in [1.165, 1.54) is 37.7 Å². The van der Waals surface area contributed by atoms with E-state index < -0.39 is 0 Å². The van der Waals surface area contributed by atoms with Crippen LogP contribution in [0.15, 0.2) is 24.3 Å². The zero-order chi connectivity index (χ0) is 14.4. The average Bonchev–Trinajstić information content (AvgIpc) is 2.46. The molecule has 0 bridgehead atoms. The van der Waals surface area contributed by atoms with Crippen molar-refractivity contribution in [3.8, 4) is 0 Å². The van der Waals surface area contributed by atoms with Crippen LogP contribution in [0.2, 0.25) is 0 Å². The highest BCUT2D eigenvalue weighted by molar-refractivity contribution is 5.93. The van der Waals surface area contributed by atoms with Crippen LogP contribution in [0.1, 0.15) is 57.4 Å². The van der Waals surface area contributed by atoms with Gasteiger partial charge < -0.3 is 10.6 Å². The number of anilines is 1. The van der Waals surface area contributed by atoms with Crippen molar-refractivity contribution < 1.29 is 4.79 Å². The van der Waals surface area contributed by atoms with Crippen LogP contribution < -0.4 is 10.6 Å². The molecule has 1 saturated carbocycles. The molecule has 20 heavy (non-hydrogen) atoms. The van der Waals surface area contributed by atoms with Gasteiger partial charge in [-0.15, -0.1) is 0 Å². The van der Waals surface area contributed by atoms with Crippen molar-refractivity contribution in [3.05, 3.63) is 29.8 Å². The summed E-state index contributed by atoms with van der Waals surface area (Å²) in [7, 11) is 0. The highest BCUT2D eigenvalue weighted by Gasteiger charge is 2.14. The Labute approximate surface area is 122 Å². The van der Waals surface area contributed by atoms with Gasteiger partial charge in [0.05, 0.1) is 6.54 Å². The quantitative estimate of drug-likeness (QED) is 0.860. The molecule has 1 aliphatic carbocycles. The molecule has 110 valence electrons. The number of nitrogens with one attached hydrogen (secondary N) is 2. The van der Waals surface area contributed by atoms with E-state index in [1.54, 1.807) is 0 Å². The van der Waals surface area contributed by atoms with Gasteiger partial charge in [0.2, 0.25) is 5.91 Å². The third kappa shape index (κ3) is 4.34. The van der Waals surface area contributed by atoms with Crippen LogP contribution in [-0.2, 0) is 4.79 Å². The molecule has 1 aliphatic rings. The van der Waals surface area contributed by atoms with E-state index in [-0.39, 0.29) is 5.91 Å². The van der Waals surface area contributed by atoms with Crippen molar-refractivity contribution in [3.63, 3.8) is 0 Å². The maximum absolute atomic E-state index is 12.1. The van der Waals surface area contributed by atoms with Crippen molar-refractivity contribution in [2.24, 2.45) is 0 Å². The minimum absolute atomic E-state index is 0.0590. The van der Waals surface area contributed by atoms with E-state index in [9.17, 15) is 4.79 Å². The molecular weight excluding hydrogens is 248 g/mol. The van der Waals surface area contributed by atoms with Crippen molar-refractivity contribution in [2.45, 2.75) is 57.9 Å². The molecule has 1 amide bonds. The molecule has 0 saturated heterocycles. The summed E-state index contributed by atoms with van der Waals surface area (Å²) in [5.74, 6) is 0.474. The van der Waals surface area contributed by atoms with Gasteiger partial charge in [-0.3, -0.25) is 4.79 Å². The minimum atomic E-state index is 0.0590. The number of amides is 1. The van der Waals surface area contributed by atoms with Gasteiger partial charge in [0.1, 0.15) is 0 Å². The van der Waals surface area contributed by atoms with E-state index >= 15 is 0 Å². The van der Waals surface area contributed by atoms with E-state index in [0.29, 0.717) is 18.5 Å². The molecule has 1 aromatic rings. The lowest BCUT2D eigenvalue weighted by Gasteiger charge is -2.22. The van der Waals surface area contributed by atoms with Gasteiger partial charge >= 0.3 is 0 Å². The second-order valence-corrected chi connectivity index (χ2v) is 6.01. The predicted octanol–water partition coefficient (Wildman–Crippen LogP) is 3.67. The first-order valence-electron chi connectivity index (χ1n) is 7.79. The smallest absolute Gasteiger partial charge is 0.238 e. The van der Waals surface area contributed by atoms with Gasteiger partial charge in [-0.05, 0) is 30.4 Å². The molecule has 2 N–H and O–H groups in total. The van der Waals surface area contributed by atoms with Gasteiger partial charge in [0, 0.05) is 11.7 Å². The molecule has 0 spiro atoms. The van der Waals surface area contributed by atoms with Gasteiger partial charge in [-0.1, -0.05) is 51.3 Å². The Bertz CT molecular complexity index is 436. The third-order valence-electron chi connectivity index (χ3n) is 4.01. The monoisotopic (exact) mass is 274 g/mol. The molecule has 1 aromatic carbocycles. The van der Waals surface area contributed by atoms with E-state index in [2.05, 4.69) is 30.5 Å². The topological polar surface area (TPSA) is 41.1 Å². The lowest BCUT2D eigenvalue weighted by Crippen LogP contribution is -2.37. The van der Waals surface area contributed by atoms with Crippen LogP contribution in [0.4, 0.5) is 5.69 Å². The Morgan fingerprint density at radius 3 is 2.60 bits per heavy atom. The Hall–Kier alpha value is -1.35. The largest absolute Gasteiger partial charge is 0.325 e. The van der Waals surface area contributed by atoms with Crippen molar-refractivity contribution in [1.29, 1.82) is 0 Å². The molecule has 0 aliphatic heterocycles. The second kappa shape index (κ2) is 7.44. The van der Waals surface area contributed by atoms with Crippen LogP contribution in [0.3, 0.4) is 0 Å². The molecule has 0 unspecified atom stereocenters. The summed E-state index contributed by atoms with van der Waals surface area (Å²) in [6.07, 6.45) is 6.32. The zero-order valence-electron chi connectivity index (χ0n) is 12.6. The number of carbonyl (C=O) groups is 1. The Balaban J connectivity index is 1.85. The highest BCUT2D eigenvalue weighted by Crippen LogP contribution is 2.23. The van der Waals surface area contributed by atoms with E-state index in [1.807, 2.05) is 18.2 Å². The molecule has 0 radical (unpaired) electrons. The van der Waals surface area contributed by atoms with Crippen LogP contribution in [0, 0.1) is 0 Å². The second-order valence-electron chi connectivity index (χ2n) is 6.01. The first kappa shape index (κ1) is 15.0. The molecule has 0 aromatic heterocycles. The van der Waals surface area contributed by atoms with Crippen LogP contribution in [-0.4, -0.2) is 18.5 Å². The van der Waals surface area contributed by atoms with Crippen LogP contribution in [0.25, 0.3) is 0 Å². The number of carbonyl (C=O) groups excluding carboxylic acids is 1. The number of hydrogen-bond acceptors (Lipinski definition) is 2. The molecular formula is C17H26N2O. The van der Waals surface area contributed by atoms with Gasteiger partial charge in [0.25, 0.3) is 0 Å². The molecule has 3 nitrogen and oxygen atoms in total. The summed E-state index contributed by atoms with van der Waals surface area (Å²) in [4.78, 5) is 12.1. The maximum atomic E-state index is 12.1. The summed E-state index contributed by atoms with van der Waals surface area (Å²) in [5.41, 5.74) is 2.14. The van der Waals surface area contributed by atoms with Gasteiger partial charge in [0.15, 0.2) is 0 Å². The molecule has 1 fully saturated rings. The van der Waals surface area contributed by atoms with Crippen molar-refractivity contribution in [2.75, 3.05) is 11.9 Å². The number of hydrogen-bond donors (Lipinski definition) is 2. The van der Waals surface area contributed by atoms with Gasteiger partial charge in [-0.2, -0.15) is 0 Å². The third-order valence-corrected chi connectivity index (χ3v) is 4.01. The SMILES string of the molecule is CC(C)c1ccccc1NC(=O)CNC1CCCCC1. The number of rotatable bonds is 5. The standard InChI is InChI=1S/C17H26N2O/c1-13(2)15-10-6-7-11-16(15)19-17(20)12-18-14-8-4-3-5-9-14/h6-7,10-11,13-14,18H,3-5,8-9,12H2,1-2H3,(H,19,20). The predicted molar refractivity (Wildman–Crippen MR) is 84.0 cm³/mol. The summed E-state index contributed by atoms with van der Waals surface area (Å²) >= 11 is 0. The maximum Gasteiger partial charge on any atom is 0.238 e. The summed E-state index contributed by atoms with van der Waals surface area (Å²) < 4.78 is 0. The Morgan fingerprint density at radius 1 is 1.20 bits per heavy atom. The first-order valence-corrected chi connectivity index (χ1v) is 7.79. The number of para-hydroxylation sites is 1. The van der Waals surface area contributed by atoms with Crippen LogP contribution in [0.5, 0.6) is 0 Å². The Morgan fingerprint density at radius 2 is 1.90 bits per heavy atom. The summed E-state index contributed by atoms with van der Waals surface area (Å²) in [6, 6.07) is 8.57. The fourth-order valence-corrected chi connectivity index (χ4v) is 2.85. The van der Waals surface area contributed by atoms with E-state index in [0.717, 1.165) is 5.69 Å². The zero-order valence-corrected chi connectivity index (χ0v) is 12.6. The normalized spacial score (nSPS) is 16.4. The van der Waals surface area contributed by atoms with Crippen molar-refractivity contribution in [1.82, 2.24) is 5.32 Å². The van der Waals surface area contributed by atoms with Gasteiger partial charge in [-0.25, -0.2) is 0 Å². The highest BCUT2D eigenvalue weighted by atomic mass is 16.1. The van der Waals surface area contributed by atoms with Crippen molar-refractivity contribution >= 4 is 11.6 Å². The first-order chi connectivity index (χ1) is 9.66. The average molecular weight is 274 g/mol. The molecule has 2 rings (SSSR count). The van der Waals surface area contributed by atoms with E-state index in [4.69, 9.17) is 0 Å². The van der Waals surface area contributed by atoms with Crippen LogP contribution >= 0.6 is 0 Å². The molecule has 0 heterocycles. The molecule has 3 heteroatoms. The summed E-state index contributed by atoms with van der Waals surface area (Å²) in [6.45, 7) is 4.70. The fourth-order valence-electron chi connectivity index (χ4n) is 2.85.